The smallest absolute Gasteiger partial charge is 0.266 e. The first-order valence-electron chi connectivity index (χ1n) is 5.90. The van der Waals surface area contributed by atoms with Gasteiger partial charge in [0.05, 0.1) is 15.6 Å². The van der Waals surface area contributed by atoms with Crippen LogP contribution in [0.1, 0.15) is 15.4 Å². The van der Waals surface area contributed by atoms with Crippen molar-refractivity contribution in [2.24, 2.45) is 7.05 Å². The van der Waals surface area contributed by atoms with E-state index >= 15 is 0 Å². The van der Waals surface area contributed by atoms with Crippen LogP contribution in [0.5, 0.6) is 0 Å². The van der Waals surface area contributed by atoms with Gasteiger partial charge in [0.1, 0.15) is 10.6 Å². The van der Waals surface area contributed by atoms with Gasteiger partial charge in [0, 0.05) is 18.6 Å². The van der Waals surface area contributed by atoms with Crippen molar-refractivity contribution in [2.45, 2.75) is 6.92 Å². The predicted octanol–water partition coefficient (Wildman–Crippen LogP) is 3.24. The number of fused-ring (bicyclic) bond motifs is 1. The van der Waals surface area contributed by atoms with Crippen LogP contribution in [-0.2, 0) is 7.05 Å². The highest BCUT2D eigenvalue weighted by Crippen LogP contribution is 2.28. The Bertz CT molecular complexity index is 756. The van der Waals surface area contributed by atoms with E-state index in [9.17, 15) is 4.79 Å². The van der Waals surface area contributed by atoms with E-state index in [0.717, 1.165) is 15.9 Å². The highest BCUT2D eigenvalue weighted by Gasteiger charge is 2.15. The summed E-state index contributed by atoms with van der Waals surface area (Å²) in [7, 11) is 1.87. The zero-order chi connectivity index (χ0) is 14.3. The number of pyridine rings is 1. The topological polar surface area (TPSA) is 59.8 Å². The number of hydrogen-bond acceptors (Lipinski definition) is 4. The minimum Gasteiger partial charge on any atom is -0.306 e. The first kappa shape index (κ1) is 13.1. The maximum atomic E-state index is 12.2. The first-order chi connectivity index (χ1) is 9.54. The molecule has 7 heteroatoms. The Morgan fingerprint density at radius 3 is 2.90 bits per heavy atom. The standard InChI is InChI=1S/C13H11ClN4OS/c1-7-9-5-10(20-13(9)18(2)17-7)12(19)16-11-4-3-8(14)6-15-11/h3-6H,1-2H3,(H,15,16,19). The number of aryl methyl sites for hydroxylation is 2. The van der Waals surface area contributed by atoms with Crippen LogP contribution in [0.15, 0.2) is 24.4 Å². The molecule has 102 valence electrons. The van der Waals surface area contributed by atoms with Crippen molar-refractivity contribution in [3.05, 3.63) is 40.0 Å². The number of hydrogen-bond donors (Lipinski definition) is 1. The Morgan fingerprint density at radius 1 is 1.45 bits per heavy atom. The summed E-state index contributed by atoms with van der Waals surface area (Å²) in [6, 6.07) is 5.21. The molecule has 0 radical (unpaired) electrons. The number of anilines is 1. The third kappa shape index (κ3) is 2.28. The fourth-order valence-corrected chi connectivity index (χ4v) is 3.07. The van der Waals surface area contributed by atoms with Crippen LogP contribution in [0.25, 0.3) is 10.2 Å². The summed E-state index contributed by atoms with van der Waals surface area (Å²) in [5, 5.41) is 8.60. The summed E-state index contributed by atoms with van der Waals surface area (Å²) in [6.45, 7) is 1.93. The minimum absolute atomic E-state index is 0.180. The Kier molecular flexibility index (Phi) is 3.19. The average molecular weight is 307 g/mol. The van der Waals surface area contributed by atoms with Gasteiger partial charge in [-0.2, -0.15) is 5.10 Å². The van der Waals surface area contributed by atoms with Gasteiger partial charge in [-0.1, -0.05) is 11.6 Å². The van der Waals surface area contributed by atoms with E-state index < -0.39 is 0 Å². The lowest BCUT2D eigenvalue weighted by molar-refractivity contribution is 0.103. The molecule has 0 aliphatic rings. The van der Waals surface area contributed by atoms with E-state index in [0.29, 0.717) is 15.7 Å². The van der Waals surface area contributed by atoms with Gasteiger partial charge in [-0.3, -0.25) is 9.48 Å². The van der Waals surface area contributed by atoms with E-state index in [-0.39, 0.29) is 5.91 Å². The molecule has 0 unspecified atom stereocenters. The van der Waals surface area contributed by atoms with E-state index in [4.69, 9.17) is 11.6 Å². The van der Waals surface area contributed by atoms with Crippen LogP contribution < -0.4 is 5.32 Å². The Hall–Kier alpha value is -1.92. The normalized spacial score (nSPS) is 10.9. The molecule has 20 heavy (non-hydrogen) atoms. The second-order valence-corrected chi connectivity index (χ2v) is 5.82. The van der Waals surface area contributed by atoms with Crippen LogP contribution in [-0.4, -0.2) is 20.7 Å². The molecule has 0 saturated heterocycles. The summed E-state index contributed by atoms with van der Waals surface area (Å²) >= 11 is 7.17. The first-order valence-corrected chi connectivity index (χ1v) is 7.10. The van der Waals surface area contributed by atoms with Crippen LogP contribution >= 0.6 is 22.9 Å². The van der Waals surface area contributed by atoms with Gasteiger partial charge in [0.25, 0.3) is 5.91 Å². The molecule has 0 aliphatic heterocycles. The summed E-state index contributed by atoms with van der Waals surface area (Å²) in [6.07, 6.45) is 1.50. The van der Waals surface area contributed by atoms with Crippen LogP contribution in [0, 0.1) is 6.92 Å². The number of carbonyl (C=O) groups is 1. The van der Waals surface area contributed by atoms with Crippen molar-refractivity contribution < 1.29 is 4.79 Å². The summed E-state index contributed by atoms with van der Waals surface area (Å²) in [5.74, 6) is 0.298. The largest absolute Gasteiger partial charge is 0.306 e. The lowest BCUT2D eigenvalue weighted by Crippen LogP contribution is -2.11. The van der Waals surface area contributed by atoms with Gasteiger partial charge in [0.15, 0.2) is 0 Å². The summed E-state index contributed by atoms with van der Waals surface area (Å²) < 4.78 is 1.78. The zero-order valence-corrected chi connectivity index (χ0v) is 12.4. The monoisotopic (exact) mass is 306 g/mol. The minimum atomic E-state index is -0.180. The second kappa shape index (κ2) is 4.88. The molecule has 0 atom stereocenters. The Labute approximate surface area is 124 Å². The maximum Gasteiger partial charge on any atom is 0.266 e. The summed E-state index contributed by atoms with van der Waals surface area (Å²) in [5.41, 5.74) is 0.919. The molecule has 0 saturated carbocycles. The molecule has 0 bridgehead atoms. The number of nitrogens with one attached hydrogen (secondary N) is 1. The van der Waals surface area contributed by atoms with E-state index in [2.05, 4.69) is 15.4 Å². The molecule has 1 N–H and O–H groups in total. The SMILES string of the molecule is Cc1nn(C)c2sc(C(=O)Nc3ccc(Cl)cn3)cc12. The number of nitrogens with zero attached hydrogens (tertiary/aromatic N) is 3. The Balaban J connectivity index is 1.88. The molecule has 3 aromatic heterocycles. The molecule has 5 nitrogen and oxygen atoms in total. The molecule has 3 aromatic rings. The van der Waals surface area contributed by atoms with Crippen LogP contribution in [0.2, 0.25) is 5.02 Å². The fourth-order valence-electron chi connectivity index (χ4n) is 1.94. The number of aromatic nitrogens is 3. The highest BCUT2D eigenvalue weighted by molar-refractivity contribution is 7.20. The lowest BCUT2D eigenvalue weighted by atomic mass is 10.3. The lowest BCUT2D eigenvalue weighted by Gasteiger charge is -2.01. The molecule has 0 aliphatic carbocycles. The second-order valence-electron chi connectivity index (χ2n) is 4.35. The number of rotatable bonds is 2. The fraction of sp³-hybridized carbons (Fsp3) is 0.154. The van der Waals surface area contributed by atoms with Crippen molar-refractivity contribution in [3.8, 4) is 0 Å². The zero-order valence-electron chi connectivity index (χ0n) is 10.8. The molecule has 0 fully saturated rings. The summed E-state index contributed by atoms with van der Waals surface area (Å²) in [4.78, 5) is 17.8. The number of halogens is 1. The van der Waals surface area contributed by atoms with Gasteiger partial charge in [-0.05, 0) is 25.1 Å². The van der Waals surface area contributed by atoms with E-state index in [1.165, 1.54) is 17.5 Å². The molecule has 3 heterocycles. The molecular weight excluding hydrogens is 296 g/mol. The number of amides is 1. The number of thiophene rings is 1. The van der Waals surface area contributed by atoms with Crippen molar-refractivity contribution >= 4 is 44.9 Å². The molecule has 3 rings (SSSR count). The quantitative estimate of drug-likeness (QED) is 0.790. The maximum absolute atomic E-state index is 12.2. The van der Waals surface area contributed by atoms with Crippen LogP contribution in [0.4, 0.5) is 5.82 Å². The van der Waals surface area contributed by atoms with Gasteiger partial charge < -0.3 is 5.32 Å². The molecule has 0 spiro atoms. The van der Waals surface area contributed by atoms with Gasteiger partial charge in [-0.25, -0.2) is 4.98 Å². The number of carbonyl (C=O) groups excluding carboxylic acids is 1. The Morgan fingerprint density at radius 2 is 2.25 bits per heavy atom. The van der Waals surface area contributed by atoms with E-state index in [1.54, 1.807) is 16.8 Å². The molecule has 0 aromatic carbocycles. The molecular formula is C13H11ClN4OS. The van der Waals surface area contributed by atoms with Gasteiger partial charge in [-0.15, -0.1) is 11.3 Å². The third-order valence-electron chi connectivity index (χ3n) is 2.89. The van der Waals surface area contributed by atoms with Gasteiger partial charge >= 0.3 is 0 Å². The average Bonchev–Trinajstić information content (AvgIpc) is 2.95. The van der Waals surface area contributed by atoms with Crippen LogP contribution in [0.3, 0.4) is 0 Å². The third-order valence-corrected chi connectivity index (χ3v) is 4.31. The van der Waals surface area contributed by atoms with Gasteiger partial charge in [0.2, 0.25) is 0 Å². The van der Waals surface area contributed by atoms with Crippen molar-refractivity contribution in [3.63, 3.8) is 0 Å². The predicted molar refractivity (Wildman–Crippen MR) is 80.5 cm³/mol. The van der Waals surface area contributed by atoms with E-state index in [1.807, 2.05) is 20.0 Å². The van der Waals surface area contributed by atoms with Crippen molar-refractivity contribution in [1.29, 1.82) is 0 Å². The van der Waals surface area contributed by atoms with Crippen molar-refractivity contribution in [2.75, 3.05) is 5.32 Å². The molecule has 1 amide bonds. The van der Waals surface area contributed by atoms with Crippen molar-refractivity contribution in [1.82, 2.24) is 14.8 Å². The highest BCUT2D eigenvalue weighted by atomic mass is 35.5.